The molecule has 1 heterocycles. The summed E-state index contributed by atoms with van der Waals surface area (Å²) in [5.41, 5.74) is 1.15. The Morgan fingerprint density at radius 2 is 1.64 bits per heavy atom. The molecule has 0 radical (unpaired) electrons. The number of phenolic OH excluding ortho intramolecular Hbond substituents is 2. The number of hydrogen-bond acceptors (Lipinski definition) is 5. The molecule has 1 unspecified atom stereocenters. The number of esters is 1. The van der Waals surface area contributed by atoms with Gasteiger partial charge in [-0.1, -0.05) is 23.7 Å². The van der Waals surface area contributed by atoms with Crippen molar-refractivity contribution in [1.29, 1.82) is 0 Å². The number of benzene rings is 2. The van der Waals surface area contributed by atoms with Gasteiger partial charge in [-0.05, 0) is 67.3 Å². The summed E-state index contributed by atoms with van der Waals surface area (Å²) < 4.78 is 5.85. The Bertz CT molecular complexity index is 871. The largest absolute Gasteiger partial charge is 0.508 e. The number of ether oxygens (including phenoxy) is 1. The molecule has 130 valence electrons. The molecule has 0 bridgehead atoms. The minimum Gasteiger partial charge on any atom is -0.508 e. The highest BCUT2D eigenvalue weighted by molar-refractivity contribution is 9.11. The minimum absolute atomic E-state index is 0.0206. The summed E-state index contributed by atoms with van der Waals surface area (Å²) in [4.78, 5) is 12.0. The fraction of sp³-hybridized carbons (Fsp3) is 0.118. The molecular formula is C17H11Br2ClO5. The van der Waals surface area contributed by atoms with Crippen LogP contribution in [-0.4, -0.2) is 27.1 Å². The van der Waals surface area contributed by atoms with Crippen molar-refractivity contribution < 1.29 is 24.9 Å². The van der Waals surface area contributed by atoms with Gasteiger partial charge in [0.1, 0.15) is 16.5 Å². The van der Waals surface area contributed by atoms with Crippen LogP contribution in [0.1, 0.15) is 11.1 Å². The van der Waals surface area contributed by atoms with Crippen molar-refractivity contribution in [2.24, 2.45) is 0 Å². The number of phenols is 2. The van der Waals surface area contributed by atoms with Crippen LogP contribution < -0.4 is 0 Å². The smallest absolute Gasteiger partial charge is 0.353 e. The van der Waals surface area contributed by atoms with E-state index in [4.69, 9.17) is 16.3 Å². The number of aromatic hydroxyl groups is 2. The van der Waals surface area contributed by atoms with E-state index in [9.17, 15) is 20.1 Å². The van der Waals surface area contributed by atoms with Gasteiger partial charge in [-0.25, -0.2) is 4.79 Å². The molecule has 1 atom stereocenters. The highest BCUT2D eigenvalue weighted by Gasteiger charge is 2.47. The van der Waals surface area contributed by atoms with Crippen molar-refractivity contribution in [2.75, 3.05) is 0 Å². The topological polar surface area (TPSA) is 87.0 Å². The van der Waals surface area contributed by atoms with E-state index in [0.29, 0.717) is 20.1 Å². The summed E-state index contributed by atoms with van der Waals surface area (Å²) in [7, 11) is 0. The number of hydrogen-bond donors (Lipinski definition) is 3. The van der Waals surface area contributed by atoms with E-state index in [-0.39, 0.29) is 28.5 Å². The van der Waals surface area contributed by atoms with Gasteiger partial charge in [-0.15, -0.1) is 0 Å². The first-order chi connectivity index (χ1) is 11.7. The van der Waals surface area contributed by atoms with Crippen LogP contribution in [0.3, 0.4) is 0 Å². The molecule has 25 heavy (non-hydrogen) atoms. The van der Waals surface area contributed by atoms with Gasteiger partial charge in [0.2, 0.25) is 5.79 Å². The molecule has 3 rings (SSSR count). The van der Waals surface area contributed by atoms with Gasteiger partial charge in [0.25, 0.3) is 0 Å². The summed E-state index contributed by atoms with van der Waals surface area (Å²) >= 11 is 12.5. The van der Waals surface area contributed by atoms with E-state index in [1.165, 1.54) is 24.3 Å². The van der Waals surface area contributed by atoms with Gasteiger partial charge >= 0.3 is 5.97 Å². The molecule has 1 aliphatic rings. The van der Waals surface area contributed by atoms with Crippen molar-refractivity contribution in [3.05, 3.63) is 61.5 Å². The fourth-order valence-electron chi connectivity index (χ4n) is 2.60. The molecule has 8 heteroatoms. The third-order valence-corrected chi connectivity index (χ3v) is 5.29. The summed E-state index contributed by atoms with van der Waals surface area (Å²) in [5.74, 6) is -2.74. The van der Waals surface area contributed by atoms with Gasteiger partial charge in [-0.2, -0.15) is 0 Å². The van der Waals surface area contributed by atoms with Crippen LogP contribution in [-0.2, 0) is 16.0 Å². The normalized spacial score (nSPS) is 20.1. The zero-order valence-electron chi connectivity index (χ0n) is 12.5. The first kappa shape index (κ1) is 18.3. The highest BCUT2D eigenvalue weighted by atomic mass is 79.9. The molecule has 0 aromatic heterocycles. The molecule has 2 aromatic rings. The van der Waals surface area contributed by atoms with Crippen LogP contribution in [0.25, 0.3) is 5.57 Å². The molecular weight excluding hydrogens is 479 g/mol. The van der Waals surface area contributed by atoms with Crippen molar-refractivity contribution in [3.8, 4) is 11.5 Å². The Morgan fingerprint density at radius 3 is 2.20 bits per heavy atom. The van der Waals surface area contributed by atoms with Crippen LogP contribution in [0, 0.1) is 0 Å². The molecule has 3 N–H and O–H groups in total. The second-order valence-electron chi connectivity index (χ2n) is 5.49. The Balaban J connectivity index is 2.08. The summed E-state index contributed by atoms with van der Waals surface area (Å²) in [6, 6.07) is 9.20. The molecule has 1 aliphatic heterocycles. The third-order valence-electron chi connectivity index (χ3n) is 3.74. The molecule has 0 amide bonds. The quantitative estimate of drug-likeness (QED) is 0.565. The molecule has 0 saturated heterocycles. The van der Waals surface area contributed by atoms with Crippen molar-refractivity contribution in [2.45, 2.75) is 12.2 Å². The Hall–Kier alpha value is -1.54. The SMILES string of the molecule is O=C1OC(O)(Cc2ccc(O)cc2)C(c2cc(Br)c(O)c(Br)c2)=C1Cl. The number of carbonyl (C=O) groups excluding carboxylic acids is 1. The van der Waals surface area contributed by atoms with Gasteiger partial charge in [0.05, 0.1) is 14.5 Å². The van der Waals surface area contributed by atoms with Crippen LogP contribution in [0.2, 0.25) is 0 Å². The zero-order valence-corrected chi connectivity index (χ0v) is 16.4. The van der Waals surface area contributed by atoms with E-state index < -0.39 is 11.8 Å². The van der Waals surface area contributed by atoms with Gasteiger partial charge < -0.3 is 20.1 Å². The number of halogens is 3. The number of rotatable bonds is 3. The van der Waals surface area contributed by atoms with E-state index >= 15 is 0 Å². The van der Waals surface area contributed by atoms with Gasteiger partial charge in [0.15, 0.2) is 0 Å². The molecule has 5 nitrogen and oxygen atoms in total. The maximum Gasteiger partial charge on any atom is 0.353 e. The zero-order chi connectivity index (χ0) is 18.4. The van der Waals surface area contributed by atoms with Crippen LogP contribution in [0.15, 0.2) is 50.4 Å². The molecule has 0 fully saturated rings. The second-order valence-corrected chi connectivity index (χ2v) is 7.58. The first-order valence-corrected chi connectivity index (χ1v) is 9.00. The van der Waals surface area contributed by atoms with Crippen LogP contribution in [0.4, 0.5) is 0 Å². The van der Waals surface area contributed by atoms with Crippen LogP contribution in [0.5, 0.6) is 11.5 Å². The lowest BCUT2D eigenvalue weighted by Crippen LogP contribution is -2.33. The number of cyclic esters (lactones) is 1. The summed E-state index contributed by atoms with van der Waals surface area (Å²) in [5, 5.41) is 30.0. The summed E-state index contributed by atoms with van der Waals surface area (Å²) in [6.07, 6.45) is -0.0549. The first-order valence-electron chi connectivity index (χ1n) is 7.03. The average molecular weight is 491 g/mol. The highest BCUT2D eigenvalue weighted by Crippen LogP contribution is 2.45. The van der Waals surface area contributed by atoms with E-state index in [0.717, 1.165) is 0 Å². The molecule has 0 aliphatic carbocycles. The second kappa shape index (κ2) is 6.64. The lowest BCUT2D eigenvalue weighted by molar-refractivity contribution is -0.174. The predicted octanol–water partition coefficient (Wildman–Crippen LogP) is 4.06. The molecule has 2 aromatic carbocycles. The van der Waals surface area contributed by atoms with Crippen molar-refractivity contribution in [3.63, 3.8) is 0 Å². The maximum atomic E-state index is 12.0. The van der Waals surface area contributed by atoms with E-state index in [1.54, 1.807) is 12.1 Å². The van der Waals surface area contributed by atoms with Crippen molar-refractivity contribution in [1.82, 2.24) is 0 Å². The summed E-state index contributed by atoms with van der Waals surface area (Å²) in [6.45, 7) is 0. The standard InChI is InChI=1S/C17H11Br2ClO5/c18-11-5-9(6-12(19)15(11)22)13-14(20)16(23)25-17(13,24)7-8-1-3-10(21)4-2-8/h1-6,21-22,24H,7H2. The predicted molar refractivity (Wildman–Crippen MR) is 99.1 cm³/mol. The van der Waals surface area contributed by atoms with E-state index in [2.05, 4.69) is 31.9 Å². The monoisotopic (exact) mass is 488 g/mol. The number of carbonyl (C=O) groups is 1. The van der Waals surface area contributed by atoms with E-state index in [1.807, 2.05) is 0 Å². The lowest BCUT2D eigenvalue weighted by Gasteiger charge is -2.25. The van der Waals surface area contributed by atoms with Gasteiger partial charge in [-0.3, -0.25) is 0 Å². The number of aliphatic hydroxyl groups is 1. The minimum atomic E-state index is -1.97. The average Bonchev–Trinajstić information content (AvgIpc) is 2.76. The van der Waals surface area contributed by atoms with Crippen LogP contribution >= 0.6 is 43.5 Å². The molecule has 0 saturated carbocycles. The lowest BCUT2D eigenvalue weighted by atomic mass is 9.93. The maximum absolute atomic E-state index is 12.0. The third kappa shape index (κ3) is 3.42. The Kier molecular flexibility index (Phi) is 4.85. The Morgan fingerprint density at radius 1 is 1.08 bits per heavy atom. The fourth-order valence-corrected chi connectivity index (χ4v) is 4.08. The van der Waals surface area contributed by atoms with Crippen molar-refractivity contribution >= 4 is 55.0 Å². The molecule has 0 spiro atoms. The van der Waals surface area contributed by atoms with Gasteiger partial charge in [0, 0.05) is 6.42 Å². The Labute approximate surface area is 164 Å².